The van der Waals surface area contributed by atoms with Crippen molar-refractivity contribution in [1.82, 2.24) is 9.21 Å². The van der Waals surface area contributed by atoms with Crippen molar-refractivity contribution >= 4 is 17.2 Å². The summed E-state index contributed by atoms with van der Waals surface area (Å²) < 4.78 is 1.44. The molecule has 1 amide bonds. The van der Waals surface area contributed by atoms with Crippen LogP contribution in [0.15, 0.2) is 0 Å². The lowest BCUT2D eigenvalue weighted by Crippen LogP contribution is -2.24. The van der Waals surface area contributed by atoms with Crippen LogP contribution in [0.3, 0.4) is 0 Å². The second-order valence-electron chi connectivity index (χ2n) is 2.00. The summed E-state index contributed by atoms with van der Waals surface area (Å²) in [6.07, 6.45) is 5.05. The smallest absolute Gasteiger partial charge is 0.302 e. The average Bonchev–Trinajstić information content (AvgIpc) is 2.02. The first kappa shape index (κ1) is 10.2. The molecule has 62 valence electrons. The van der Waals surface area contributed by atoms with Crippen LogP contribution < -0.4 is 0 Å². The molecule has 0 spiro atoms. The molecule has 11 heavy (non-hydrogen) atoms. The van der Waals surface area contributed by atoms with E-state index in [0.29, 0.717) is 6.54 Å². The van der Waals surface area contributed by atoms with Gasteiger partial charge in [0.25, 0.3) is 0 Å². The van der Waals surface area contributed by atoms with Gasteiger partial charge >= 0.3 is 5.24 Å². The minimum absolute atomic E-state index is 0.0343. The molecule has 0 heterocycles. The SMILES string of the molecule is C#CN(C)SC(=O)N(C)CC. The van der Waals surface area contributed by atoms with Gasteiger partial charge in [0, 0.05) is 26.7 Å². The second-order valence-corrected chi connectivity index (χ2v) is 3.08. The topological polar surface area (TPSA) is 23.6 Å². The highest BCUT2D eigenvalue weighted by atomic mass is 32.2. The summed E-state index contributed by atoms with van der Waals surface area (Å²) in [5, 5.41) is -0.0343. The predicted molar refractivity (Wildman–Crippen MR) is 47.9 cm³/mol. The van der Waals surface area contributed by atoms with Crippen molar-refractivity contribution < 1.29 is 4.79 Å². The van der Waals surface area contributed by atoms with Gasteiger partial charge in [0.2, 0.25) is 0 Å². The van der Waals surface area contributed by atoms with Crippen molar-refractivity contribution in [2.75, 3.05) is 20.6 Å². The van der Waals surface area contributed by atoms with Gasteiger partial charge in [-0.05, 0) is 6.92 Å². The van der Waals surface area contributed by atoms with Crippen molar-refractivity contribution in [3.05, 3.63) is 0 Å². The fourth-order valence-electron chi connectivity index (χ4n) is 0.342. The third kappa shape index (κ3) is 3.79. The molecule has 0 bridgehead atoms. The van der Waals surface area contributed by atoms with Crippen LogP contribution in [-0.4, -0.2) is 35.1 Å². The van der Waals surface area contributed by atoms with E-state index in [2.05, 4.69) is 6.04 Å². The highest BCUT2D eigenvalue weighted by Gasteiger charge is 2.08. The molecule has 0 unspecified atom stereocenters. The highest BCUT2D eigenvalue weighted by molar-refractivity contribution is 8.11. The maximum Gasteiger partial charge on any atom is 0.302 e. The lowest BCUT2D eigenvalue weighted by atomic mass is 10.7. The van der Waals surface area contributed by atoms with Crippen LogP contribution in [0.1, 0.15) is 6.92 Å². The van der Waals surface area contributed by atoms with E-state index in [1.807, 2.05) is 6.92 Å². The number of hydrogen-bond donors (Lipinski definition) is 0. The van der Waals surface area contributed by atoms with Gasteiger partial charge in [-0.1, -0.05) is 6.42 Å². The Kier molecular flexibility index (Phi) is 4.55. The number of hydrogen-bond acceptors (Lipinski definition) is 3. The van der Waals surface area contributed by atoms with Gasteiger partial charge in [-0.15, -0.1) is 0 Å². The molecule has 0 aliphatic carbocycles. The predicted octanol–water partition coefficient (Wildman–Crippen LogP) is 1.23. The highest BCUT2D eigenvalue weighted by Crippen LogP contribution is 2.09. The zero-order valence-corrected chi connectivity index (χ0v) is 7.81. The number of rotatable bonds is 2. The van der Waals surface area contributed by atoms with Crippen molar-refractivity contribution in [3.8, 4) is 12.5 Å². The van der Waals surface area contributed by atoms with Crippen LogP contribution in [0.4, 0.5) is 4.79 Å². The molecule has 0 fully saturated rings. The molecule has 0 saturated carbocycles. The van der Waals surface area contributed by atoms with Gasteiger partial charge < -0.3 is 4.90 Å². The summed E-state index contributed by atoms with van der Waals surface area (Å²) in [5.74, 6) is 0. The minimum atomic E-state index is -0.0343. The number of amides is 1. The van der Waals surface area contributed by atoms with E-state index in [0.717, 1.165) is 11.9 Å². The summed E-state index contributed by atoms with van der Waals surface area (Å²) in [7, 11) is 3.41. The molecule has 0 saturated heterocycles. The molecular formula is C7H12N2OS. The first-order valence-corrected chi connectivity index (χ1v) is 4.02. The molecule has 0 N–H and O–H groups in total. The van der Waals surface area contributed by atoms with E-state index in [1.54, 1.807) is 19.0 Å². The Morgan fingerprint density at radius 2 is 2.18 bits per heavy atom. The lowest BCUT2D eigenvalue weighted by Gasteiger charge is -2.15. The van der Waals surface area contributed by atoms with E-state index in [1.165, 1.54) is 4.31 Å². The number of carbonyl (C=O) groups excluding carboxylic acids is 1. The quantitative estimate of drug-likeness (QED) is 0.355. The zero-order chi connectivity index (χ0) is 8.85. The summed E-state index contributed by atoms with van der Waals surface area (Å²) in [5.41, 5.74) is 0. The normalized spacial score (nSPS) is 8.55. The van der Waals surface area contributed by atoms with Gasteiger partial charge in [-0.2, -0.15) is 0 Å². The third-order valence-electron chi connectivity index (χ3n) is 1.18. The fraction of sp³-hybridized carbons (Fsp3) is 0.571. The Hall–Kier alpha value is -0.820. The van der Waals surface area contributed by atoms with E-state index < -0.39 is 0 Å². The van der Waals surface area contributed by atoms with Crippen LogP contribution >= 0.6 is 11.9 Å². The number of carbonyl (C=O) groups is 1. The first-order valence-electron chi connectivity index (χ1n) is 3.24. The Bertz CT molecular complexity index is 176. The monoisotopic (exact) mass is 172 g/mol. The number of nitrogens with zero attached hydrogens (tertiary/aromatic N) is 2. The Morgan fingerprint density at radius 3 is 2.55 bits per heavy atom. The van der Waals surface area contributed by atoms with Crippen molar-refractivity contribution in [3.63, 3.8) is 0 Å². The molecule has 4 heteroatoms. The molecular weight excluding hydrogens is 160 g/mol. The van der Waals surface area contributed by atoms with Crippen LogP contribution in [0.5, 0.6) is 0 Å². The average molecular weight is 172 g/mol. The minimum Gasteiger partial charge on any atom is -0.335 e. The van der Waals surface area contributed by atoms with E-state index in [9.17, 15) is 4.79 Å². The van der Waals surface area contributed by atoms with Gasteiger partial charge in [0.1, 0.15) is 0 Å². The van der Waals surface area contributed by atoms with E-state index in [4.69, 9.17) is 6.42 Å². The van der Waals surface area contributed by atoms with Crippen LogP contribution in [0.2, 0.25) is 0 Å². The Labute approximate surface area is 71.9 Å². The molecule has 0 atom stereocenters. The summed E-state index contributed by atoms with van der Waals surface area (Å²) >= 11 is 1.02. The van der Waals surface area contributed by atoms with Crippen molar-refractivity contribution in [2.45, 2.75) is 6.92 Å². The molecule has 0 aromatic carbocycles. The van der Waals surface area contributed by atoms with Gasteiger partial charge in [0.15, 0.2) is 0 Å². The maximum atomic E-state index is 11.1. The summed E-state index contributed by atoms with van der Waals surface area (Å²) in [4.78, 5) is 12.7. The molecule has 0 aromatic heterocycles. The molecule has 0 rings (SSSR count). The molecule has 3 nitrogen and oxygen atoms in total. The zero-order valence-electron chi connectivity index (χ0n) is 7.00. The van der Waals surface area contributed by atoms with Crippen LogP contribution in [0, 0.1) is 12.5 Å². The summed E-state index contributed by atoms with van der Waals surface area (Å²) in [6.45, 7) is 2.61. The number of terminal acetylenes is 1. The maximum absolute atomic E-state index is 11.1. The van der Waals surface area contributed by atoms with Crippen LogP contribution in [-0.2, 0) is 0 Å². The Morgan fingerprint density at radius 1 is 1.64 bits per heavy atom. The second kappa shape index (κ2) is 4.91. The first-order chi connectivity index (χ1) is 5.11. The van der Waals surface area contributed by atoms with Gasteiger partial charge in [0.05, 0.1) is 11.9 Å². The van der Waals surface area contributed by atoms with Crippen LogP contribution in [0.25, 0.3) is 0 Å². The van der Waals surface area contributed by atoms with Gasteiger partial charge in [-0.3, -0.25) is 9.10 Å². The third-order valence-corrected chi connectivity index (χ3v) is 2.03. The van der Waals surface area contributed by atoms with E-state index in [-0.39, 0.29) is 5.24 Å². The largest absolute Gasteiger partial charge is 0.335 e. The molecule has 0 radical (unpaired) electrons. The van der Waals surface area contributed by atoms with Gasteiger partial charge in [-0.25, -0.2) is 0 Å². The van der Waals surface area contributed by atoms with E-state index >= 15 is 0 Å². The molecule has 0 aliphatic rings. The lowest BCUT2D eigenvalue weighted by molar-refractivity contribution is 0.235. The molecule has 0 aromatic rings. The standard InChI is InChI=1S/C7H12N2OS/c1-5-8(3)7(10)11-9(4)6-2/h2H,5H2,1,3-4H3. The fourth-order valence-corrected chi connectivity index (χ4v) is 0.898. The Balaban J connectivity index is 3.80. The van der Waals surface area contributed by atoms with Crippen molar-refractivity contribution in [1.29, 1.82) is 0 Å². The van der Waals surface area contributed by atoms with Crippen molar-refractivity contribution in [2.24, 2.45) is 0 Å². The summed E-state index contributed by atoms with van der Waals surface area (Å²) in [6, 6.07) is 2.32. The molecule has 0 aliphatic heterocycles.